The van der Waals surface area contributed by atoms with Crippen LogP contribution in [0.1, 0.15) is 30.1 Å². The first-order valence-corrected chi connectivity index (χ1v) is 7.57. The molecule has 1 aromatic rings. The quantitative estimate of drug-likeness (QED) is 0.825. The Bertz CT molecular complexity index is 599. The molecule has 2 aliphatic heterocycles. The lowest BCUT2D eigenvalue weighted by Crippen LogP contribution is -2.52. The summed E-state index contributed by atoms with van der Waals surface area (Å²) in [5, 5.41) is 2.90. The number of hydrogen-bond donors (Lipinski definition) is 2. The number of aromatic nitrogens is 2. The third kappa shape index (κ3) is 2.07. The molecule has 1 saturated carbocycles. The summed E-state index contributed by atoms with van der Waals surface area (Å²) in [5.41, 5.74) is 7.02. The van der Waals surface area contributed by atoms with E-state index in [1.807, 2.05) is 11.8 Å². The lowest BCUT2D eigenvalue weighted by Gasteiger charge is -2.37. The minimum Gasteiger partial charge on any atom is -0.383 e. The van der Waals surface area contributed by atoms with Gasteiger partial charge in [0.1, 0.15) is 17.5 Å². The zero-order chi connectivity index (χ0) is 14.6. The fourth-order valence-electron chi connectivity index (χ4n) is 3.17. The Morgan fingerprint density at radius 1 is 1.29 bits per heavy atom. The molecule has 7 nitrogen and oxygen atoms in total. The van der Waals surface area contributed by atoms with Gasteiger partial charge in [-0.3, -0.25) is 0 Å². The van der Waals surface area contributed by atoms with Crippen molar-refractivity contribution in [2.24, 2.45) is 0 Å². The maximum absolute atomic E-state index is 11.7. The molecular weight excluding hydrogens is 268 g/mol. The number of urea groups is 1. The number of carbonyl (C=O) groups excluding carboxylic acids is 1. The first-order valence-electron chi connectivity index (χ1n) is 7.57. The van der Waals surface area contributed by atoms with E-state index in [0.717, 1.165) is 49.7 Å². The SMILES string of the molecule is Cc1c(N)nc(C2CC2)nc1N1CCN2C(=O)NCC2C1. The van der Waals surface area contributed by atoms with Gasteiger partial charge in [-0.2, -0.15) is 0 Å². The topological polar surface area (TPSA) is 87.4 Å². The van der Waals surface area contributed by atoms with Crippen LogP contribution < -0.4 is 16.0 Å². The van der Waals surface area contributed by atoms with Gasteiger partial charge in [0.15, 0.2) is 0 Å². The molecule has 7 heteroatoms. The number of hydrogen-bond acceptors (Lipinski definition) is 5. The minimum absolute atomic E-state index is 0.0530. The molecule has 3 fully saturated rings. The number of anilines is 2. The van der Waals surface area contributed by atoms with E-state index in [1.54, 1.807) is 0 Å². The van der Waals surface area contributed by atoms with Crippen LogP contribution in [0, 0.1) is 6.92 Å². The molecular formula is C14H20N6O. The van der Waals surface area contributed by atoms with Gasteiger partial charge < -0.3 is 20.9 Å². The Labute approximate surface area is 123 Å². The third-order valence-corrected chi connectivity index (χ3v) is 4.65. The van der Waals surface area contributed by atoms with E-state index in [4.69, 9.17) is 10.7 Å². The number of nitrogen functional groups attached to an aromatic ring is 1. The van der Waals surface area contributed by atoms with Gasteiger partial charge in [-0.1, -0.05) is 0 Å². The summed E-state index contributed by atoms with van der Waals surface area (Å²) in [6.45, 7) is 5.03. The number of nitrogens with two attached hydrogens (primary N) is 1. The molecule has 3 aliphatic rings. The average molecular weight is 288 g/mol. The fraction of sp³-hybridized carbons (Fsp3) is 0.643. The van der Waals surface area contributed by atoms with Crippen LogP contribution in [0.3, 0.4) is 0 Å². The summed E-state index contributed by atoms with van der Waals surface area (Å²) in [5.74, 6) is 2.91. The monoisotopic (exact) mass is 288 g/mol. The zero-order valence-corrected chi connectivity index (χ0v) is 12.2. The van der Waals surface area contributed by atoms with Crippen molar-refractivity contribution in [3.63, 3.8) is 0 Å². The van der Waals surface area contributed by atoms with E-state index in [-0.39, 0.29) is 12.1 Å². The smallest absolute Gasteiger partial charge is 0.317 e. The van der Waals surface area contributed by atoms with Crippen molar-refractivity contribution in [3.05, 3.63) is 11.4 Å². The predicted molar refractivity (Wildman–Crippen MR) is 79.3 cm³/mol. The summed E-state index contributed by atoms with van der Waals surface area (Å²) in [6.07, 6.45) is 2.33. The highest BCUT2D eigenvalue weighted by Gasteiger charge is 2.37. The number of carbonyl (C=O) groups is 1. The van der Waals surface area contributed by atoms with Crippen molar-refractivity contribution in [1.29, 1.82) is 0 Å². The summed E-state index contributed by atoms with van der Waals surface area (Å²) in [6, 6.07) is 0.281. The van der Waals surface area contributed by atoms with Crippen LogP contribution in [-0.4, -0.2) is 53.1 Å². The highest BCUT2D eigenvalue weighted by molar-refractivity contribution is 5.77. The largest absolute Gasteiger partial charge is 0.383 e. The van der Waals surface area contributed by atoms with Crippen LogP contribution in [0.25, 0.3) is 0 Å². The molecule has 2 amide bonds. The first-order chi connectivity index (χ1) is 10.1. The molecule has 3 heterocycles. The number of fused-ring (bicyclic) bond motifs is 1. The molecule has 0 spiro atoms. The van der Waals surface area contributed by atoms with Crippen LogP contribution in [0.5, 0.6) is 0 Å². The number of nitrogens with one attached hydrogen (secondary N) is 1. The van der Waals surface area contributed by atoms with Gasteiger partial charge in [0.2, 0.25) is 0 Å². The van der Waals surface area contributed by atoms with Crippen LogP contribution in [0.2, 0.25) is 0 Å². The molecule has 4 rings (SSSR count). The molecule has 1 aromatic heterocycles. The van der Waals surface area contributed by atoms with Crippen LogP contribution in [-0.2, 0) is 0 Å². The first kappa shape index (κ1) is 12.7. The minimum atomic E-state index is 0.0530. The van der Waals surface area contributed by atoms with Crippen LogP contribution in [0.4, 0.5) is 16.4 Å². The van der Waals surface area contributed by atoms with E-state index in [9.17, 15) is 4.79 Å². The third-order valence-electron chi connectivity index (χ3n) is 4.65. The van der Waals surface area contributed by atoms with Crippen molar-refractivity contribution in [2.45, 2.75) is 31.7 Å². The van der Waals surface area contributed by atoms with Gasteiger partial charge in [0.25, 0.3) is 0 Å². The Hall–Kier alpha value is -2.05. The van der Waals surface area contributed by atoms with E-state index in [1.165, 1.54) is 0 Å². The molecule has 1 unspecified atom stereocenters. The summed E-state index contributed by atoms with van der Waals surface area (Å²) < 4.78 is 0. The van der Waals surface area contributed by atoms with Crippen molar-refractivity contribution < 1.29 is 4.79 Å². The molecule has 0 radical (unpaired) electrons. The standard InChI is InChI=1S/C14H20N6O/c1-8-11(15)17-12(9-2-3-9)18-13(8)19-4-5-20-10(7-19)6-16-14(20)21/h9-10H,2-7H2,1H3,(H,16,21)(H2,15,17,18). The Kier molecular flexibility index (Phi) is 2.70. The van der Waals surface area contributed by atoms with Crippen LogP contribution >= 0.6 is 0 Å². The van der Waals surface area contributed by atoms with Gasteiger partial charge >= 0.3 is 6.03 Å². The second-order valence-electron chi connectivity index (χ2n) is 6.17. The van der Waals surface area contributed by atoms with E-state index >= 15 is 0 Å². The average Bonchev–Trinajstić information content (AvgIpc) is 3.26. The molecule has 2 saturated heterocycles. The van der Waals surface area contributed by atoms with Crippen molar-refractivity contribution >= 4 is 17.7 Å². The highest BCUT2D eigenvalue weighted by atomic mass is 16.2. The Morgan fingerprint density at radius 2 is 2.10 bits per heavy atom. The summed E-state index contributed by atoms with van der Waals surface area (Å²) in [4.78, 5) is 25.0. The number of piperazine rings is 1. The molecule has 0 bridgehead atoms. The van der Waals surface area contributed by atoms with E-state index < -0.39 is 0 Å². The maximum Gasteiger partial charge on any atom is 0.317 e. The number of amides is 2. The zero-order valence-electron chi connectivity index (χ0n) is 12.2. The Morgan fingerprint density at radius 3 is 2.86 bits per heavy atom. The predicted octanol–water partition coefficient (Wildman–Crippen LogP) is 0.458. The molecule has 1 aliphatic carbocycles. The number of nitrogens with zero attached hydrogens (tertiary/aromatic N) is 4. The maximum atomic E-state index is 11.7. The van der Waals surface area contributed by atoms with Gasteiger partial charge in [0, 0.05) is 37.7 Å². The molecule has 0 aromatic carbocycles. The van der Waals surface area contributed by atoms with E-state index in [0.29, 0.717) is 18.3 Å². The molecule has 3 N–H and O–H groups in total. The second-order valence-corrected chi connectivity index (χ2v) is 6.17. The lowest BCUT2D eigenvalue weighted by atomic mass is 10.1. The lowest BCUT2D eigenvalue weighted by molar-refractivity contribution is 0.197. The van der Waals surface area contributed by atoms with Gasteiger partial charge in [-0.15, -0.1) is 0 Å². The summed E-state index contributed by atoms with van der Waals surface area (Å²) >= 11 is 0. The van der Waals surface area contributed by atoms with Gasteiger partial charge in [-0.05, 0) is 19.8 Å². The van der Waals surface area contributed by atoms with Crippen molar-refractivity contribution in [2.75, 3.05) is 36.8 Å². The molecule has 1 atom stereocenters. The highest BCUT2D eigenvalue weighted by Crippen LogP contribution is 2.39. The molecule has 112 valence electrons. The molecule has 21 heavy (non-hydrogen) atoms. The second kappa shape index (κ2) is 4.47. The normalized spacial score (nSPS) is 25.0. The van der Waals surface area contributed by atoms with Crippen molar-refractivity contribution in [1.82, 2.24) is 20.2 Å². The van der Waals surface area contributed by atoms with E-state index in [2.05, 4.69) is 15.2 Å². The Balaban J connectivity index is 1.62. The van der Waals surface area contributed by atoms with Gasteiger partial charge in [0.05, 0.1) is 6.04 Å². The fourth-order valence-corrected chi connectivity index (χ4v) is 3.17. The number of rotatable bonds is 2. The van der Waals surface area contributed by atoms with Crippen LogP contribution in [0.15, 0.2) is 0 Å². The van der Waals surface area contributed by atoms with Crippen molar-refractivity contribution in [3.8, 4) is 0 Å². The van der Waals surface area contributed by atoms with Gasteiger partial charge in [-0.25, -0.2) is 14.8 Å². The summed E-state index contributed by atoms with van der Waals surface area (Å²) in [7, 11) is 0.